The number of carbonyl (C=O) groups excluding carboxylic acids is 1. The molecule has 2 heterocycles. The van der Waals surface area contributed by atoms with E-state index in [9.17, 15) is 9.59 Å². The van der Waals surface area contributed by atoms with Crippen molar-refractivity contribution in [3.05, 3.63) is 40.3 Å². The monoisotopic (exact) mass is 387 g/mol. The van der Waals surface area contributed by atoms with Crippen LogP contribution in [0.3, 0.4) is 0 Å². The van der Waals surface area contributed by atoms with Crippen LogP contribution in [-0.2, 0) is 6.54 Å². The molecule has 2 aromatic rings. The maximum absolute atomic E-state index is 13.3. The number of carbonyl (C=O) groups is 1. The molecule has 1 amide bonds. The Morgan fingerprint density at radius 2 is 1.82 bits per heavy atom. The van der Waals surface area contributed by atoms with Gasteiger partial charge in [-0.2, -0.15) is 5.10 Å². The van der Waals surface area contributed by atoms with Gasteiger partial charge in [-0.25, -0.2) is 4.68 Å². The highest BCUT2D eigenvalue weighted by Crippen LogP contribution is 2.16. The summed E-state index contributed by atoms with van der Waals surface area (Å²) in [6.07, 6.45) is 0. The minimum absolute atomic E-state index is 0.0639. The van der Waals surface area contributed by atoms with E-state index in [1.807, 2.05) is 36.9 Å². The highest BCUT2D eigenvalue weighted by atomic mass is 16.2. The van der Waals surface area contributed by atoms with Gasteiger partial charge in [0.1, 0.15) is 13.1 Å². The average Bonchev–Trinajstić information content (AvgIpc) is 2.68. The van der Waals surface area contributed by atoms with E-state index >= 15 is 0 Å². The van der Waals surface area contributed by atoms with Crippen LogP contribution in [0.1, 0.15) is 24.3 Å². The lowest BCUT2D eigenvalue weighted by atomic mass is 10.1. The molecular weight excluding hydrogens is 354 g/mol. The normalized spacial score (nSPS) is 15.7. The summed E-state index contributed by atoms with van der Waals surface area (Å²) in [7, 11) is 4.34. The van der Waals surface area contributed by atoms with Crippen molar-refractivity contribution in [3.8, 4) is 0 Å². The summed E-state index contributed by atoms with van der Waals surface area (Å²) in [6, 6.07) is 7.32. The smallest absolute Gasteiger partial charge is 0.275 e. The van der Waals surface area contributed by atoms with Gasteiger partial charge in [-0.05, 0) is 12.0 Å². The molecule has 3 rings (SSSR count). The van der Waals surface area contributed by atoms with Gasteiger partial charge >= 0.3 is 0 Å². The van der Waals surface area contributed by atoms with E-state index in [0.29, 0.717) is 23.0 Å². The van der Waals surface area contributed by atoms with Crippen molar-refractivity contribution in [2.45, 2.75) is 20.4 Å². The van der Waals surface area contributed by atoms with Crippen LogP contribution < -0.4 is 15.4 Å². The molecule has 7 heteroatoms. The number of hydrogen-bond donors (Lipinski definition) is 2. The van der Waals surface area contributed by atoms with Gasteiger partial charge in [-0.3, -0.25) is 9.59 Å². The Labute approximate surface area is 166 Å². The molecule has 1 saturated heterocycles. The molecule has 7 nitrogen and oxygen atoms in total. The molecule has 1 aliphatic rings. The third-order valence-electron chi connectivity index (χ3n) is 5.34. The molecule has 1 aromatic heterocycles. The van der Waals surface area contributed by atoms with Gasteiger partial charge in [0.2, 0.25) is 0 Å². The molecule has 1 aromatic carbocycles. The number of fused-ring (bicyclic) bond motifs is 1. The highest BCUT2D eigenvalue weighted by molar-refractivity contribution is 6.04. The summed E-state index contributed by atoms with van der Waals surface area (Å²) < 4.78 is 1.46. The lowest BCUT2D eigenvalue weighted by Gasteiger charge is -2.32. The second-order valence-electron chi connectivity index (χ2n) is 8.52. The fraction of sp³-hybridized carbons (Fsp3) is 0.571. The van der Waals surface area contributed by atoms with E-state index in [1.54, 1.807) is 11.0 Å². The molecule has 1 fully saturated rings. The van der Waals surface area contributed by atoms with Crippen LogP contribution in [0, 0.1) is 5.92 Å². The minimum Gasteiger partial charge on any atom is -0.335 e. The number of hydrogen-bond acceptors (Lipinski definition) is 3. The molecular formula is C21H33N5O2+2. The summed E-state index contributed by atoms with van der Waals surface area (Å²) >= 11 is 0. The molecule has 0 bridgehead atoms. The van der Waals surface area contributed by atoms with Crippen LogP contribution in [0.5, 0.6) is 0 Å². The predicted molar refractivity (Wildman–Crippen MR) is 110 cm³/mol. The van der Waals surface area contributed by atoms with E-state index in [2.05, 4.69) is 19.2 Å². The fourth-order valence-electron chi connectivity index (χ4n) is 3.72. The molecule has 1 aliphatic heterocycles. The molecule has 0 aliphatic carbocycles. The Morgan fingerprint density at radius 1 is 1.18 bits per heavy atom. The summed E-state index contributed by atoms with van der Waals surface area (Å²) in [5, 5.41) is 5.72. The van der Waals surface area contributed by atoms with Gasteiger partial charge in [-0.15, -0.1) is 0 Å². The number of quaternary nitrogens is 2. The first-order valence-electron chi connectivity index (χ1n) is 10.3. The zero-order valence-corrected chi connectivity index (χ0v) is 17.5. The second-order valence-corrected chi connectivity index (χ2v) is 8.52. The molecule has 0 saturated carbocycles. The Morgan fingerprint density at radius 3 is 2.43 bits per heavy atom. The molecule has 28 heavy (non-hydrogen) atoms. The Hall–Kier alpha value is -2.25. The molecule has 0 spiro atoms. The minimum atomic E-state index is -0.124. The van der Waals surface area contributed by atoms with E-state index in [1.165, 1.54) is 9.58 Å². The van der Waals surface area contributed by atoms with Crippen molar-refractivity contribution in [2.24, 2.45) is 5.92 Å². The first-order valence-corrected chi connectivity index (χ1v) is 10.3. The molecule has 0 radical (unpaired) electrons. The topological polar surface area (TPSA) is 64.1 Å². The van der Waals surface area contributed by atoms with Gasteiger partial charge in [0.25, 0.3) is 11.5 Å². The number of likely N-dealkylation sites (N-methyl/N-ethyl adjacent to an activating group) is 1. The standard InChI is InChI=1S/C21H31N5O2/c1-16(2)15-26-20(27)18-8-6-5-7-17(18)19(22-26)21(28)25-13-11-24(12-14-25)10-9-23(3)4/h5-8,16H,9-15H2,1-4H3/p+2. The van der Waals surface area contributed by atoms with Gasteiger partial charge < -0.3 is 14.7 Å². The van der Waals surface area contributed by atoms with Gasteiger partial charge in [0, 0.05) is 11.9 Å². The fourth-order valence-corrected chi connectivity index (χ4v) is 3.72. The quantitative estimate of drug-likeness (QED) is 0.637. The Bertz CT molecular complexity index is 882. The maximum atomic E-state index is 13.3. The van der Waals surface area contributed by atoms with Crippen molar-refractivity contribution in [1.82, 2.24) is 14.7 Å². The first kappa shape index (κ1) is 20.5. The number of nitrogens with one attached hydrogen (secondary N) is 2. The van der Waals surface area contributed by atoms with Gasteiger partial charge in [0.15, 0.2) is 5.69 Å². The zero-order chi connectivity index (χ0) is 20.3. The Kier molecular flexibility index (Phi) is 6.46. The SMILES string of the molecule is CC(C)Cn1nc(C(=O)N2CC[NH+](CC[NH+](C)C)CC2)c2ccccc2c1=O. The summed E-state index contributed by atoms with van der Waals surface area (Å²) in [5.74, 6) is 0.214. The Balaban J connectivity index is 1.84. The van der Waals surface area contributed by atoms with Crippen LogP contribution in [0.15, 0.2) is 29.1 Å². The van der Waals surface area contributed by atoms with Crippen molar-refractivity contribution < 1.29 is 14.6 Å². The van der Waals surface area contributed by atoms with Crippen LogP contribution in [0.25, 0.3) is 10.8 Å². The number of aromatic nitrogens is 2. The van der Waals surface area contributed by atoms with E-state index in [0.717, 1.165) is 39.3 Å². The summed E-state index contributed by atoms with van der Waals surface area (Å²) in [5.41, 5.74) is 0.276. The predicted octanol–water partition coefficient (Wildman–Crippen LogP) is -1.46. The molecule has 152 valence electrons. The largest absolute Gasteiger partial charge is 0.335 e. The molecule has 0 atom stereocenters. The van der Waals surface area contributed by atoms with Crippen molar-refractivity contribution in [2.75, 3.05) is 53.4 Å². The lowest BCUT2D eigenvalue weighted by molar-refractivity contribution is -0.943. The van der Waals surface area contributed by atoms with Crippen LogP contribution in [0.4, 0.5) is 0 Å². The van der Waals surface area contributed by atoms with Gasteiger partial charge in [0.05, 0.1) is 45.7 Å². The van der Waals surface area contributed by atoms with E-state index in [4.69, 9.17) is 0 Å². The molecule has 0 unspecified atom stereocenters. The van der Waals surface area contributed by atoms with E-state index < -0.39 is 0 Å². The number of nitrogens with zero attached hydrogens (tertiary/aromatic N) is 3. The highest BCUT2D eigenvalue weighted by Gasteiger charge is 2.27. The first-order chi connectivity index (χ1) is 13.4. The lowest BCUT2D eigenvalue weighted by Crippen LogP contribution is -3.19. The maximum Gasteiger partial charge on any atom is 0.275 e. The van der Waals surface area contributed by atoms with Crippen LogP contribution in [-0.4, -0.2) is 74.0 Å². The summed E-state index contributed by atoms with van der Waals surface area (Å²) in [6.45, 7) is 10.2. The third-order valence-corrected chi connectivity index (χ3v) is 5.34. The zero-order valence-electron chi connectivity index (χ0n) is 17.5. The van der Waals surface area contributed by atoms with Crippen molar-refractivity contribution in [3.63, 3.8) is 0 Å². The number of amides is 1. The van der Waals surface area contributed by atoms with E-state index in [-0.39, 0.29) is 17.4 Å². The second kappa shape index (κ2) is 8.84. The van der Waals surface area contributed by atoms with Crippen molar-refractivity contribution >= 4 is 16.7 Å². The third kappa shape index (κ3) is 4.59. The number of piperazine rings is 1. The molecule has 2 N–H and O–H groups in total. The van der Waals surface area contributed by atoms with Crippen molar-refractivity contribution in [1.29, 1.82) is 0 Å². The van der Waals surface area contributed by atoms with Gasteiger partial charge in [-0.1, -0.05) is 32.0 Å². The summed E-state index contributed by atoms with van der Waals surface area (Å²) in [4.78, 5) is 30.9. The number of rotatable bonds is 6. The average molecular weight is 388 g/mol. The number of benzene rings is 1. The van der Waals surface area contributed by atoms with Crippen LogP contribution >= 0.6 is 0 Å². The van der Waals surface area contributed by atoms with Crippen LogP contribution in [0.2, 0.25) is 0 Å².